The first-order chi connectivity index (χ1) is 7.56. The molecule has 1 heterocycles. The van der Waals surface area contributed by atoms with Crippen molar-refractivity contribution >= 4 is 28.3 Å². The molecule has 0 aliphatic carbocycles. The van der Waals surface area contributed by atoms with Crippen LogP contribution in [0.2, 0.25) is 5.02 Å². The average molecular weight is 238 g/mol. The molecule has 1 aromatic heterocycles. The van der Waals surface area contributed by atoms with Crippen LogP contribution in [0.3, 0.4) is 0 Å². The SMILES string of the molecule is CNc1nn(C)c2c(C(C)C)ccc(Cl)c12. The fourth-order valence-electron chi connectivity index (χ4n) is 2.05. The Morgan fingerprint density at radius 1 is 1.38 bits per heavy atom. The number of halogens is 1. The number of nitrogens with zero attached hydrogens (tertiary/aromatic N) is 2. The topological polar surface area (TPSA) is 29.9 Å². The lowest BCUT2D eigenvalue weighted by atomic mass is 10.0. The molecular weight excluding hydrogens is 222 g/mol. The standard InChI is InChI=1S/C12H16ClN3/c1-7(2)8-5-6-9(13)10-11(8)16(4)15-12(10)14-3/h5-7H,1-4H3,(H,14,15). The molecule has 0 spiro atoms. The predicted octanol–water partition coefficient (Wildman–Crippen LogP) is 3.39. The third kappa shape index (κ3) is 1.55. The van der Waals surface area contributed by atoms with E-state index in [0.717, 1.165) is 21.7 Å². The number of hydrogen-bond acceptors (Lipinski definition) is 2. The smallest absolute Gasteiger partial charge is 0.157 e. The van der Waals surface area contributed by atoms with Gasteiger partial charge in [0.15, 0.2) is 5.82 Å². The molecule has 2 rings (SSSR count). The van der Waals surface area contributed by atoms with Crippen LogP contribution in [0.4, 0.5) is 5.82 Å². The lowest BCUT2D eigenvalue weighted by Gasteiger charge is -2.09. The maximum absolute atomic E-state index is 6.24. The van der Waals surface area contributed by atoms with E-state index < -0.39 is 0 Å². The fraction of sp³-hybridized carbons (Fsp3) is 0.417. The van der Waals surface area contributed by atoms with Crippen LogP contribution in [0.1, 0.15) is 25.3 Å². The van der Waals surface area contributed by atoms with E-state index in [-0.39, 0.29) is 0 Å². The van der Waals surface area contributed by atoms with Crippen LogP contribution in [0, 0.1) is 0 Å². The van der Waals surface area contributed by atoms with Gasteiger partial charge in [-0.1, -0.05) is 31.5 Å². The Kier molecular flexibility index (Phi) is 2.80. The summed E-state index contributed by atoms with van der Waals surface area (Å²) in [5, 5.41) is 9.27. The van der Waals surface area contributed by atoms with Crippen molar-refractivity contribution < 1.29 is 0 Å². The number of aromatic nitrogens is 2. The number of aryl methyl sites for hydroxylation is 1. The summed E-state index contributed by atoms with van der Waals surface area (Å²) in [6, 6.07) is 4.03. The second-order valence-corrected chi connectivity index (χ2v) is 4.64. The van der Waals surface area contributed by atoms with E-state index in [1.165, 1.54) is 5.56 Å². The summed E-state index contributed by atoms with van der Waals surface area (Å²) in [5.41, 5.74) is 2.39. The maximum atomic E-state index is 6.24. The van der Waals surface area contributed by atoms with E-state index >= 15 is 0 Å². The van der Waals surface area contributed by atoms with Gasteiger partial charge in [0.25, 0.3) is 0 Å². The predicted molar refractivity (Wildman–Crippen MR) is 69.4 cm³/mol. The Morgan fingerprint density at radius 2 is 2.06 bits per heavy atom. The van der Waals surface area contributed by atoms with Gasteiger partial charge in [0.05, 0.1) is 15.9 Å². The molecule has 0 fully saturated rings. The molecular formula is C12H16ClN3. The van der Waals surface area contributed by atoms with Gasteiger partial charge in [-0.05, 0) is 17.5 Å². The summed E-state index contributed by atoms with van der Waals surface area (Å²) in [4.78, 5) is 0. The zero-order chi connectivity index (χ0) is 11.9. The van der Waals surface area contributed by atoms with E-state index in [1.54, 1.807) is 0 Å². The quantitative estimate of drug-likeness (QED) is 0.868. The Balaban J connectivity index is 2.88. The van der Waals surface area contributed by atoms with Gasteiger partial charge in [-0.15, -0.1) is 0 Å². The molecule has 1 N–H and O–H groups in total. The van der Waals surface area contributed by atoms with Gasteiger partial charge < -0.3 is 5.32 Å². The minimum Gasteiger partial charge on any atom is -0.371 e. The molecule has 4 heteroatoms. The average Bonchev–Trinajstić information content (AvgIpc) is 2.57. The molecule has 3 nitrogen and oxygen atoms in total. The van der Waals surface area contributed by atoms with E-state index in [2.05, 4.69) is 30.3 Å². The van der Waals surface area contributed by atoms with Gasteiger partial charge in [0.2, 0.25) is 0 Å². The number of nitrogens with one attached hydrogen (secondary N) is 1. The van der Waals surface area contributed by atoms with Crippen molar-refractivity contribution in [3.8, 4) is 0 Å². The van der Waals surface area contributed by atoms with Crippen molar-refractivity contribution in [3.63, 3.8) is 0 Å². The summed E-state index contributed by atoms with van der Waals surface area (Å²) in [7, 11) is 3.81. The largest absolute Gasteiger partial charge is 0.371 e. The van der Waals surface area contributed by atoms with Gasteiger partial charge in [-0.2, -0.15) is 5.10 Å². The number of anilines is 1. The van der Waals surface area contributed by atoms with Gasteiger partial charge in [0.1, 0.15) is 0 Å². The molecule has 16 heavy (non-hydrogen) atoms. The van der Waals surface area contributed by atoms with Crippen molar-refractivity contribution in [2.24, 2.45) is 7.05 Å². The Labute approximate surface area is 100 Å². The molecule has 0 radical (unpaired) electrons. The third-order valence-corrected chi connectivity index (χ3v) is 3.14. The molecule has 0 saturated heterocycles. The molecule has 0 aliphatic heterocycles. The molecule has 0 amide bonds. The molecule has 0 saturated carbocycles. The summed E-state index contributed by atoms with van der Waals surface area (Å²) >= 11 is 6.24. The van der Waals surface area contributed by atoms with Crippen LogP contribution in [0.25, 0.3) is 10.9 Å². The van der Waals surface area contributed by atoms with Crippen LogP contribution in [0.5, 0.6) is 0 Å². The van der Waals surface area contributed by atoms with Gasteiger partial charge in [-0.3, -0.25) is 4.68 Å². The minimum absolute atomic E-state index is 0.458. The molecule has 1 aromatic carbocycles. The second-order valence-electron chi connectivity index (χ2n) is 4.24. The fourth-order valence-corrected chi connectivity index (χ4v) is 2.29. The minimum atomic E-state index is 0.458. The normalized spacial score (nSPS) is 11.4. The second kappa shape index (κ2) is 3.98. The van der Waals surface area contributed by atoms with Crippen LogP contribution in [-0.4, -0.2) is 16.8 Å². The number of rotatable bonds is 2. The molecule has 0 atom stereocenters. The van der Waals surface area contributed by atoms with E-state index in [9.17, 15) is 0 Å². The highest BCUT2D eigenvalue weighted by molar-refractivity contribution is 6.36. The number of hydrogen-bond donors (Lipinski definition) is 1. The van der Waals surface area contributed by atoms with E-state index in [4.69, 9.17) is 11.6 Å². The van der Waals surface area contributed by atoms with Crippen LogP contribution in [-0.2, 0) is 7.05 Å². The zero-order valence-electron chi connectivity index (χ0n) is 10.0. The van der Waals surface area contributed by atoms with Crippen LogP contribution >= 0.6 is 11.6 Å². The number of fused-ring (bicyclic) bond motifs is 1. The molecule has 0 bridgehead atoms. The van der Waals surface area contributed by atoms with Gasteiger partial charge >= 0.3 is 0 Å². The lowest BCUT2D eigenvalue weighted by molar-refractivity contribution is 0.782. The number of benzene rings is 1. The lowest BCUT2D eigenvalue weighted by Crippen LogP contribution is -1.96. The highest BCUT2D eigenvalue weighted by atomic mass is 35.5. The van der Waals surface area contributed by atoms with Crippen LogP contribution in [0.15, 0.2) is 12.1 Å². The van der Waals surface area contributed by atoms with Crippen molar-refractivity contribution in [3.05, 3.63) is 22.7 Å². The van der Waals surface area contributed by atoms with Crippen molar-refractivity contribution in [2.75, 3.05) is 12.4 Å². The molecule has 0 unspecified atom stereocenters. The molecule has 86 valence electrons. The Bertz CT molecular complexity index is 529. The van der Waals surface area contributed by atoms with Crippen LogP contribution < -0.4 is 5.32 Å². The Hall–Kier alpha value is -1.22. The molecule has 2 aromatic rings. The highest BCUT2D eigenvalue weighted by Gasteiger charge is 2.16. The summed E-state index contributed by atoms with van der Waals surface area (Å²) in [6.07, 6.45) is 0. The third-order valence-electron chi connectivity index (χ3n) is 2.83. The monoisotopic (exact) mass is 237 g/mol. The first-order valence-corrected chi connectivity index (χ1v) is 5.77. The Morgan fingerprint density at radius 3 is 2.62 bits per heavy atom. The maximum Gasteiger partial charge on any atom is 0.157 e. The molecule has 0 aliphatic rings. The first-order valence-electron chi connectivity index (χ1n) is 5.39. The van der Waals surface area contributed by atoms with Crippen molar-refractivity contribution in [1.29, 1.82) is 0 Å². The van der Waals surface area contributed by atoms with E-state index in [0.29, 0.717) is 5.92 Å². The van der Waals surface area contributed by atoms with Gasteiger partial charge in [-0.25, -0.2) is 0 Å². The van der Waals surface area contributed by atoms with E-state index in [1.807, 2.05) is 24.8 Å². The summed E-state index contributed by atoms with van der Waals surface area (Å²) in [6.45, 7) is 4.35. The van der Waals surface area contributed by atoms with Crippen molar-refractivity contribution in [2.45, 2.75) is 19.8 Å². The summed E-state index contributed by atoms with van der Waals surface area (Å²) < 4.78 is 1.89. The van der Waals surface area contributed by atoms with Crippen molar-refractivity contribution in [1.82, 2.24) is 9.78 Å². The summed E-state index contributed by atoms with van der Waals surface area (Å²) in [5.74, 6) is 1.30. The first kappa shape index (κ1) is 11.3. The van der Waals surface area contributed by atoms with Gasteiger partial charge in [0, 0.05) is 14.1 Å². The highest BCUT2D eigenvalue weighted by Crippen LogP contribution is 2.34. The zero-order valence-corrected chi connectivity index (χ0v) is 10.8.